The number of aryl methyl sites for hydroxylation is 1. The average Bonchev–Trinajstić information content (AvgIpc) is 2.88. The number of fused-ring (bicyclic) bond motifs is 1. The molecule has 1 heteroatoms. The highest BCUT2D eigenvalue weighted by atomic mass is 15.0. The van der Waals surface area contributed by atoms with E-state index in [1.165, 1.54) is 25.7 Å². The molecule has 0 radical (unpaired) electrons. The van der Waals surface area contributed by atoms with Gasteiger partial charge in [-0.25, -0.2) is 0 Å². The van der Waals surface area contributed by atoms with E-state index < -0.39 is 0 Å². The minimum atomic E-state index is 0.656. The van der Waals surface area contributed by atoms with E-state index in [1.807, 2.05) is 0 Å². The van der Waals surface area contributed by atoms with Gasteiger partial charge in [0.1, 0.15) is 0 Å². The van der Waals surface area contributed by atoms with E-state index in [0.29, 0.717) is 6.04 Å². The molecule has 1 fully saturated rings. The van der Waals surface area contributed by atoms with E-state index in [9.17, 15) is 0 Å². The summed E-state index contributed by atoms with van der Waals surface area (Å²) in [7, 11) is 0. The lowest BCUT2D eigenvalue weighted by Crippen LogP contribution is -2.21. The van der Waals surface area contributed by atoms with Crippen LogP contribution in [0.25, 0.3) is 0 Å². The Kier molecular flexibility index (Phi) is 1.66. The third-order valence-corrected chi connectivity index (χ3v) is 3.15. The molecule has 1 aromatic carbocycles. The summed E-state index contributed by atoms with van der Waals surface area (Å²) in [5.41, 5.74) is 3.11. The van der Waals surface area contributed by atoms with E-state index >= 15 is 0 Å². The smallest absolute Gasteiger partial charge is 0.0328 e. The van der Waals surface area contributed by atoms with Crippen molar-refractivity contribution in [2.75, 3.05) is 0 Å². The first-order valence-corrected chi connectivity index (χ1v) is 5.27. The first-order valence-electron chi connectivity index (χ1n) is 5.27. The lowest BCUT2D eigenvalue weighted by molar-refractivity contribution is 0.527. The van der Waals surface area contributed by atoms with Crippen molar-refractivity contribution in [3.8, 4) is 0 Å². The Labute approximate surface area is 79.2 Å². The Bertz CT molecular complexity index is 315. The largest absolute Gasteiger partial charge is 0.307 e. The van der Waals surface area contributed by atoms with E-state index in [1.54, 1.807) is 11.1 Å². The Morgan fingerprint density at radius 3 is 2.77 bits per heavy atom. The minimum Gasteiger partial charge on any atom is -0.307 e. The number of hydrogen-bond acceptors (Lipinski definition) is 1. The van der Waals surface area contributed by atoms with Gasteiger partial charge in [0, 0.05) is 12.1 Å². The van der Waals surface area contributed by atoms with Crippen LogP contribution in [0, 0.1) is 0 Å². The van der Waals surface area contributed by atoms with Gasteiger partial charge in [-0.05, 0) is 36.8 Å². The number of hydrogen-bond donors (Lipinski definition) is 1. The van der Waals surface area contributed by atoms with Gasteiger partial charge in [-0.3, -0.25) is 0 Å². The third-order valence-electron chi connectivity index (χ3n) is 3.15. The Balaban J connectivity index is 1.84. The summed E-state index contributed by atoms with van der Waals surface area (Å²) >= 11 is 0. The Hall–Kier alpha value is -0.820. The van der Waals surface area contributed by atoms with Crippen LogP contribution < -0.4 is 5.32 Å². The standard InChI is InChI=1S/C12H15N/c1-2-4-11-9(3-1)5-8-12(11)13-10-6-7-10/h1-4,10,12-13H,5-8H2. The van der Waals surface area contributed by atoms with Gasteiger partial charge >= 0.3 is 0 Å². The monoisotopic (exact) mass is 173 g/mol. The summed E-state index contributed by atoms with van der Waals surface area (Å²) in [6, 6.07) is 10.3. The Morgan fingerprint density at radius 2 is 1.92 bits per heavy atom. The normalized spacial score (nSPS) is 26.0. The van der Waals surface area contributed by atoms with Crippen LogP contribution in [0.1, 0.15) is 36.4 Å². The molecule has 2 aliphatic rings. The highest BCUT2D eigenvalue weighted by Crippen LogP contribution is 2.33. The Morgan fingerprint density at radius 1 is 1.08 bits per heavy atom. The van der Waals surface area contributed by atoms with Gasteiger partial charge in [0.25, 0.3) is 0 Å². The summed E-state index contributed by atoms with van der Waals surface area (Å²) in [5, 5.41) is 3.71. The van der Waals surface area contributed by atoms with Crippen molar-refractivity contribution in [2.24, 2.45) is 0 Å². The molecule has 0 saturated heterocycles. The van der Waals surface area contributed by atoms with Crippen LogP contribution in [0.4, 0.5) is 0 Å². The molecule has 3 rings (SSSR count). The van der Waals surface area contributed by atoms with Crippen LogP contribution in [0.3, 0.4) is 0 Å². The second-order valence-corrected chi connectivity index (χ2v) is 4.23. The highest BCUT2D eigenvalue weighted by molar-refractivity contribution is 5.34. The summed E-state index contributed by atoms with van der Waals surface area (Å²) < 4.78 is 0. The molecule has 1 N–H and O–H groups in total. The van der Waals surface area contributed by atoms with E-state index in [4.69, 9.17) is 0 Å². The fourth-order valence-corrected chi connectivity index (χ4v) is 2.26. The second-order valence-electron chi connectivity index (χ2n) is 4.23. The quantitative estimate of drug-likeness (QED) is 0.724. The summed E-state index contributed by atoms with van der Waals surface area (Å²) in [6.45, 7) is 0. The molecule has 0 aromatic heterocycles. The maximum Gasteiger partial charge on any atom is 0.0328 e. The van der Waals surface area contributed by atoms with Crippen molar-refractivity contribution < 1.29 is 0 Å². The van der Waals surface area contributed by atoms with Crippen molar-refractivity contribution in [1.29, 1.82) is 0 Å². The zero-order valence-corrected chi connectivity index (χ0v) is 7.79. The summed E-state index contributed by atoms with van der Waals surface area (Å²) in [5.74, 6) is 0. The van der Waals surface area contributed by atoms with Gasteiger partial charge < -0.3 is 5.32 Å². The number of rotatable bonds is 2. The van der Waals surface area contributed by atoms with Crippen LogP contribution in [0.5, 0.6) is 0 Å². The highest BCUT2D eigenvalue weighted by Gasteiger charge is 2.28. The van der Waals surface area contributed by atoms with E-state index in [-0.39, 0.29) is 0 Å². The summed E-state index contributed by atoms with van der Waals surface area (Å²) in [6.07, 6.45) is 5.34. The molecule has 0 heterocycles. The molecule has 1 saturated carbocycles. The number of benzene rings is 1. The molecule has 13 heavy (non-hydrogen) atoms. The van der Waals surface area contributed by atoms with Crippen molar-refractivity contribution >= 4 is 0 Å². The SMILES string of the molecule is c1ccc2c(c1)CCC2NC1CC1. The zero-order chi connectivity index (χ0) is 8.67. The molecule has 0 spiro atoms. The van der Waals surface area contributed by atoms with Crippen molar-refractivity contribution in [3.63, 3.8) is 0 Å². The molecular formula is C12H15N. The van der Waals surface area contributed by atoms with Gasteiger partial charge in [-0.2, -0.15) is 0 Å². The van der Waals surface area contributed by atoms with Crippen molar-refractivity contribution in [3.05, 3.63) is 35.4 Å². The molecule has 68 valence electrons. The van der Waals surface area contributed by atoms with Crippen molar-refractivity contribution in [1.82, 2.24) is 5.32 Å². The molecular weight excluding hydrogens is 158 g/mol. The molecule has 0 amide bonds. The fourth-order valence-electron chi connectivity index (χ4n) is 2.26. The number of nitrogens with one attached hydrogen (secondary N) is 1. The fraction of sp³-hybridized carbons (Fsp3) is 0.500. The maximum atomic E-state index is 3.71. The topological polar surface area (TPSA) is 12.0 Å². The molecule has 0 aliphatic heterocycles. The first-order chi connectivity index (χ1) is 6.43. The van der Waals surface area contributed by atoms with Gasteiger partial charge in [0.15, 0.2) is 0 Å². The van der Waals surface area contributed by atoms with Crippen LogP contribution >= 0.6 is 0 Å². The van der Waals surface area contributed by atoms with Crippen LogP contribution in [0.15, 0.2) is 24.3 Å². The average molecular weight is 173 g/mol. The van der Waals surface area contributed by atoms with Gasteiger partial charge in [0.2, 0.25) is 0 Å². The third kappa shape index (κ3) is 1.37. The van der Waals surface area contributed by atoms with Gasteiger partial charge in [0.05, 0.1) is 0 Å². The molecule has 1 nitrogen and oxygen atoms in total. The van der Waals surface area contributed by atoms with Gasteiger partial charge in [-0.15, -0.1) is 0 Å². The van der Waals surface area contributed by atoms with Crippen molar-refractivity contribution in [2.45, 2.75) is 37.8 Å². The molecule has 1 atom stereocenters. The second kappa shape index (κ2) is 2.85. The van der Waals surface area contributed by atoms with Crippen LogP contribution in [-0.4, -0.2) is 6.04 Å². The first kappa shape index (κ1) is 7.57. The van der Waals surface area contributed by atoms with Crippen LogP contribution in [0.2, 0.25) is 0 Å². The molecule has 1 unspecified atom stereocenters. The predicted octanol–water partition coefficient (Wildman–Crippen LogP) is 2.43. The lowest BCUT2D eigenvalue weighted by atomic mass is 10.1. The predicted molar refractivity (Wildman–Crippen MR) is 53.7 cm³/mol. The zero-order valence-electron chi connectivity index (χ0n) is 7.79. The molecule has 2 aliphatic carbocycles. The van der Waals surface area contributed by atoms with Gasteiger partial charge in [-0.1, -0.05) is 24.3 Å². The van der Waals surface area contributed by atoms with Crippen LogP contribution in [-0.2, 0) is 6.42 Å². The van der Waals surface area contributed by atoms with E-state index in [0.717, 1.165) is 6.04 Å². The molecule has 0 bridgehead atoms. The maximum absolute atomic E-state index is 3.71. The van der Waals surface area contributed by atoms with E-state index in [2.05, 4.69) is 29.6 Å². The summed E-state index contributed by atoms with van der Waals surface area (Å²) in [4.78, 5) is 0. The minimum absolute atomic E-state index is 0.656. The molecule has 1 aromatic rings. The lowest BCUT2D eigenvalue weighted by Gasteiger charge is -2.12.